The second kappa shape index (κ2) is 13.9. The average molecular weight is 588 g/mol. The number of nitrogens with zero attached hydrogens (tertiary/aromatic N) is 2. The summed E-state index contributed by atoms with van der Waals surface area (Å²) in [5, 5.41) is 12.0. The maximum absolute atomic E-state index is 12.0. The lowest BCUT2D eigenvalue weighted by Crippen LogP contribution is -2.40. The Balaban J connectivity index is 0.00000195. The number of primary amides is 1. The van der Waals surface area contributed by atoms with Crippen molar-refractivity contribution < 1.29 is 23.5 Å². The Morgan fingerprint density at radius 2 is 1.76 bits per heavy atom. The van der Waals surface area contributed by atoms with Gasteiger partial charge < -0.3 is 24.5 Å². The summed E-state index contributed by atoms with van der Waals surface area (Å²) in [6, 6.07) is 16.7. The second-order valence-corrected chi connectivity index (χ2v) is 10.5. The third kappa shape index (κ3) is 7.68. The van der Waals surface area contributed by atoms with Gasteiger partial charge in [-0.15, -0.1) is 0 Å². The van der Waals surface area contributed by atoms with Crippen LogP contribution in [0.3, 0.4) is 0 Å². The van der Waals surface area contributed by atoms with E-state index < -0.39 is 11.5 Å². The average Bonchev–Trinajstić information content (AvgIpc) is 3.41. The highest BCUT2D eigenvalue weighted by Gasteiger charge is 2.44. The number of hydrogen-bond donors (Lipinski definition) is 2. The zero-order chi connectivity index (χ0) is 27.6. The van der Waals surface area contributed by atoms with Crippen molar-refractivity contribution in [3.63, 3.8) is 0 Å². The number of nitrogens with two attached hydrogens (primary N) is 1. The molecule has 0 aliphatic heterocycles. The van der Waals surface area contributed by atoms with Crippen molar-refractivity contribution in [2.75, 3.05) is 33.1 Å². The number of rotatable bonds is 11. The third-order valence-electron chi connectivity index (χ3n) is 7.19. The first kappa shape index (κ1) is 29.9. The van der Waals surface area contributed by atoms with Crippen molar-refractivity contribution in [3.05, 3.63) is 83.6 Å². The number of amides is 1. The van der Waals surface area contributed by atoms with Gasteiger partial charge >= 0.3 is 0 Å². The van der Waals surface area contributed by atoms with E-state index in [4.69, 9.17) is 14.9 Å². The molecule has 1 aliphatic rings. The Labute approximate surface area is 234 Å². The summed E-state index contributed by atoms with van der Waals surface area (Å²) in [7, 11) is 4.29. The Bertz CT molecular complexity index is 1130. The lowest BCUT2D eigenvalue weighted by Gasteiger charge is -2.36. The molecule has 3 N–H and O–H groups in total. The van der Waals surface area contributed by atoms with E-state index in [9.17, 15) is 9.90 Å². The summed E-state index contributed by atoms with van der Waals surface area (Å²) >= 11 is 2.94. The van der Waals surface area contributed by atoms with Crippen LogP contribution in [0.25, 0.3) is 0 Å². The zero-order valence-corrected chi connectivity index (χ0v) is 24.3. The smallest absolute Gasteiger partial charge is 0.248 e. The predicted molar refractivity (Wildman–Crippen MR) is 153 cm³/mol. The van der Waals surface area contributed by atoms with Gasteiger partial charge in [0.25, 0.3) is 0 Å². The number of halogens is 1. The highest BCUT2D eigenvalue weighted by atomic mass is 79.9. The molecule has 4 rings (SSSR count). The molecule has 1 atom stereocenters. The van der Waals surface area contributed by atoms with E-state index in [1.807, 2.05) is 36.2 Å². The minimum Gasteiger partial charge on any atom is -0.493 e. The van der Waals surface area contributed by atoms with Crippen molar-refractivity contribution >= 4 is 21.8 Å². The van der Waals surface area contributed by atoms with E-state index >= 15 is 0 Å². The van der Waals surface area contributed by atoms with E-state index in [0.717, 1.165) is 50.0 Å². The van der Waals surface area contributed by atoms with Crippen LogP contribution in [0.2, 0.25) is 0 Å². The molecule has 0 saturated heterocycles. The quantitative estimate of drug-likeness (QED) is 0.172. The summed E-state index contributed by atoms with van der Waals surface area (Å²) in [4.78, 5) is 15.8. The summed E-state index contributed by atoms with van der Waals surface area (Å²) in [5.41, 5.74) is 5.38. The number of alkyl halides is 1. The number of aliphatic hydroxyl groups is 1. The molecule has 7 nitrogen and oxygen atoms in total. The number of ether oxygens (including phenoxy) is 1. The van der Waals surface area contributed by atoms with Gasteiger partial charge in [-0.25, -0.2) is 4.98 Å². The third-order valence-corrected chi connectivity index (χ3v) is 7.19. The van der Waals surface area contributed by atoms with Gasteiger partial charge in [0.2, 0.25) is 11.8 Å². The molecule has 1 amide bonds. The Morgan fingerprint density at radius 1 is 1.11 bits per heavy atom. The first-order chi connectivity index (χ1) is 18.3. The molecule has 1 fully saturated rings. The van der Waals surface area contributed by atoms with Gasteiger partial charge in [-0.05, 0) is 48.5 Å². The van der Waals surface area contributed by atoms with Crippen molar-refractivity contribution in [3.8, 4) is 5.75 Å². The molecule has 1 heterocycles. The molecule has 0 radical (unpaired) electrons. The fourth-order valence-electron chi connectivity index (χ4n) is 5.20. The highest BCUT2D eigenvalue weighted by molar-refractivity contribution is 9.08. The summed E-state index contributed by atoms with van der Waals surface area (Å²) in [6.07, 6.45) is 8.01. The number of aromatic nitrogens is 1. The van der Waals surface area contributed by atoms with Crippen LogP contribution in [-0.2, 0) is 12.1 Å². The maximum Gasteiger partial charge on any atom is 0.248 e. The second-order valence-electron chi connectivity index (χ2n) is 10.5. The van der Waals surface area contributed by atoms with E-state index in [1.165, 1.54) is 6.42 Å². The molecular weight excluding hydrogens is 546 g/mol. The van der Waals surface area contributed by atoms with Crippen LogP contribution in [0.5, 0.6) is 5.75 Å². The SMILES string of the molecule is CBr.C[N+](C)(CCCOc1ccc(C(N)=O)cc1)Cc1cnc([C@](O)(c2ccccc2)C2CCCCC2)o1. The van der Waals surface area contributed by atoms with Gasteiger partial charge in [0.05, 0.1) is 33.4 Å². The van der Waals surface area contributed by atoms with Crippen LogP contribution in [0.1, 0.15) is 66.1 Å². The van der Waals surface area contributed by atoms with Crippen LogP contribution in [-0.4, -0.2) is 53.6 Å². The number of carbonyl (C=O) groups is 1. The normalized spacial score (nSPS) is 15.7. The van der Waals surface area contributed by atoms with Crippen LogP contribution < -0.4 is 10.5 Å². The van der Waals surface area contributed by atoms with Crippen molar-refractivity contribution in [1.82, 2.24) is 4.98 Å². The molecule has 1 aromatic heterocycles. The summed E-state index contributed by atoms with van der Waals surface area (Å²) in [6.45, 7) is 2.10. The standard InChI is InChI=1S/C29H37N3O4.CH3Br/c1-32(2,18-9-19-35-25-16-14-22(15-17-25)27(30)33)21-26-20-31-28(36-26)29(34,23-10-5-3-6-11-23)24-12-7-4-8-13-24;1-2/h3,5-6,10-11,14-17,20,24,34H,4,7-9,12-13,18-19,21H2,1-2H3,(H-,30,33);1H3/p+1/t29-;/m0./s1. The monoisotopic (exact) mass is 586 g/mol. The summed E-state index contributed by atoms with van der Waals surface area (Å²) in [5.74, 6) is 3.34. The molecule has 0 spiro atoms. The van der Waals surface area contributed by atoms with Gasteiger partial charge in [0.15, 0.2) is 11.4 Å². The van der Waals surface area contributed by atoms with Crippen LogP contribution >= 0.6 is 15.9 Å². The van der Waals surface area contributed by atoms with Crippen LogP contribution in [0.4, 0.5) is 0 Å². The maximum atomic E-state index is 12.0. The lowest BCUT2D eigenvalue weighted by molar-refractivity contribution is -0.904. The van der Waals surface area contributed by atoms with E-state index in [0.29, 0.717) is 34.8 Å². The highest BCUT2D eigenvalue weighted by Crippen LogP contribution is 2.43. The molecular formula is C30H41BrN3O4+. The number of carbonyl (C=O) groups excluding carboxylic acids is 1. The first-order valence-corrected chi connectivity index (χ1v) is 14.8. The van der Waals surface area contributed by atoms with Crippen LogP contribution in [0.15, 0.2) is 65.2 Å². The van der Waals surface area contributed by atoms with Crippen molar-refractivity contribution in [1.29, 1.82) is 0 Å². The minimum atomic E-state index is -1.21. The fraction of sp³-hybridized carbons (Fsp3) is 0.467. The van der Waals surface area contributed by atoms with Gasteiger partial charge in [0.1, 0.15) is 12.3 Å². The number of quaternary nitrogens is 1. The topological polar surface area (TPSA) is 98.6 Å². The Kier molecular flexibility index (Phi) is 10.9. The van der Waals surface area contributed by atoms with Gasteiger partial charge in [-0.2, -0.15) is 0 Å². The van der Waals surface area contributed by atoms with Gasteiger partial charge in [-0.1, -0.05) is 65.5 Å². The molecule has 3 aromatic rings. The molecule has 1 saturated carbocycles. The number of hydrogen-bond acceptors (Lipinski definition) is 5. The number of oxazole rings is 1. The molecule has 1 aliphatic carbocycles. The lowest BCUT2D eigenvalue weighted by atomic mass is 9.73. The van der Waals surface area contributed by atoms with Crippen molar-refractivity contribution in [2.45, 2.75) is 50.7 Å². The van der Waals surface area contributed by atoms with Crippen molar-refractivity contribution in [2.24, 2.45) is 11.7 Å². The first-order valence-electron chi connectivity index (χ1n) is 13.2. The van der Waals surface area contributed by atoms with Gasteiger partial charge in [0, 0.05) is 17.9 Å². The van der Waals surface area contributed by atoms with E-state index in [1.54, 1.807) is 30.5 Å². The zero-order valence-electron chi connectivity index (χ0n) is 22.7. The molecule has 8 heteroatoms. The molecule has 2 aromatic carbocycles. The molecule has 0 unspecified atom stereocenters. The van der Waals surface area contributed by atoms with E-state index in [-0.39, 0.29) is 5.92 Å². The Morgan fingerprint density at radius 3 is 2.39 bits per heavy atom. The fourth-order valence-corrected chi connectivity index (χ4v) is 5.20. The molecule has 38 heavy (non-hydrogen) atoms. The Hall–Kier alpha value is -2.68. The minimum absolute atomic E-state index is 0.0943. The largest absolute Gasteiger partial charge is 0.493 e. The summed E-state index contributed by atoms with van der Waals surface area (Å²) < 4.78 is 12.8. The molecule has 206 valence electrons. The number of benzene rings is 2. The predicted octanol–water partition coefficient (Wildman–Crippen LogP) is 5.65. The van der Waals surface area contributed by atoms with Gasteiger partial charge in [-0.3, -0.25) is 4.79 Å². The van der Waals surface area contributed by atoms with Crippen LogP contribution in [0, 0.1) is 5.92 Å². The molecule has 0 bridgehead atoms. The van der Waals surface area contributed by atoms with E-state index in [2.05, 4.69) is 35.0 Å².